The van der Waals surface area contributed by atoms with Gasteiger partial charge in [0.25, 0.3) is 0 Å². The molecule has 2 aromatic carbocycles. The van der Waals surface area contributed by atoms with Crippen LogP contribution in [-0.4, -0.2) is 45.8 Å². The molecule has 2 amide bonds. The third-order valence-electron chi connectivity index (χ3n) is 7.87. The molecule has 2 heterocycles. The van der Waals surface area contributed by atoms with Crippen LogP contribution in [0.3, 0.4) is 0 Å². The van der Waals surface area contributed by atoms with Crippen LogP contribution in [0.2, 0.25) is 0 Å². The van der Waals surface area contributed by atoms with Crippen LogP contribution < -0.4 is 5.32 Å². The van der Waals surface area contributed by atoms with Crippen molar-refractivity contribution >= 4 is 11.8 Å². The monoisotopic (exact) mass is 445 g/mol. The van der Waals surface area contributed by atoms with Gasteiger partial charge in [0.05, 0.1) is 6.04 Å². The minimum absolute atomic E-state index is 0.00371. The molecule has 1 saturated heterocycles. The second kappa shape index (κ2) is 9.30. The smallest absolute Gasteiger partial charge is 0.247 e. The molecule has 0 bridgehead atoms. The van der Waals surface area contributed by atoms with E-state index in [4.69, 9.17) is 0 Å². The zero-order valence-corrected chi connectivity index (χ0v) is 19.6. The van der Waals surface area contributed by atoms with Crippen molar-refractivity contribution in [2.45, 2.75) is 82.6 Å². The van der Waals surface area contributed by atoms with Gasteiger partial charge < -0.3 is 10.2 Å². The van der Waals surface area contributed by atoms with Crippen molar-refractivity contribution < 1.29 is 9.59 Å². The highest BCUT2D eigenvalue weighted by molar-refractivity contribution is 5.95. The van der Waals surface area contributed by atoms with Crippen molar-refractivity contribution in [2.24, 2.45) is 0 Å². The number of amides is 2. The molecule has 0 spiro atoms. The normalized spacial score (nSPS) is 26.3. The summed E-state index contributed by atoms with van der Waals surface area (Å²) in [6.45, 7) is 3.71. The summed E-state index contributed by atoms with van der Waals surface area (Å²) in [4.78, 5) is 31.9. The summed E-state index contributed by atoms with van der Waals surface area (Å²) in [5.41, 5.74) is 2.68. The number of hydrogen-bond acceptors (Lipinski definition) is 3. The molecule has 2 aromatic rings. The number of fused-ring (bicyclic) bond motifs is 2. The van der Waals surface area contributed by atoms with Gasteiger partial charge >= 0.3 is 0 Å². The number of hydrogen-bond donors (Lipinski definition) is 1. The van der Waals surface area contributed by atoms with E-state index in [-0.39, 0.29) is 23.9 Å². The highest BCUT2D eigenvalue weighted by Crippen LogP contribution is 2.34. The SMILES string of the molecule is C[C@@]1(C(=O)NC2CCCCCC2)CN2Cc3ccccc3C[C@H]2C(=O)N1Cc1ccccc1. The molecule has 2 fully saturated rings. The van der Waals surface area contributed by atoms with Gasteiger partial charge in [-0.2, -0.15) is 0 Å². The van der Waals surface area contributed by atoms with Crippen LogP contribution in [0.25, 0.3) is 0 Å². The van der Waals surface area contributed by atoms with Crippen LogP contribution in [0.15, 0.2) is 54.6 Å². The minimum Gasteiger partial charge on any atom is -0.351 e. The summed E-state index contributed by atoms with van der Waals surface area (Å²) in [7, 11) is 0. The Kier molecular flexibility index (Phi) is 6.24. The summed E-state index contributed by atoms with van der Waals surface area (Å²) in [6.07, 6.45) is 7.61. The number of nitrogens with zero attached hydrogens (tertiary/aromatic N) is 2. The Balaban J connectivity index is 1.45. The van der Waals surface area contributed by atoms with Crippen molar-refractivity contribution in [3.05, 3.63) is 71.3 Å². The Morgan fingerprint density at radius 1 is 0.970 bits per heavy atom. The fourth-order valence-corrected chi connectivity index (χ4v) is 5.87. The van der Waals surface area contributed by atoms with Gasteiger partial charge in [-0.3, -0.25) is 14.5 Å². The first-order valence-corrected chi connectivity index (χ1v) is 12.5. The third-order valence-corrected chi connectivity index (χ3v) is 7.87. The fourth-order valence-electron chi connectivity index (χ4n) is 5.87. The second-order valence-electron chi connectivity index (χ2n) is 10.2. The van der Waals surface area contributed by atoms with Gasteiger partial charge in [0.15, 0.2) is 0 Å². The Bertz CT molecular complexity index is 999. The van der Waals surface area contributed by atoms with Crippen molar-refractivity contribution in [3.8, 4) is 0 Å². The van der Waals surface area contributed by atoms with E-state index in [0.29, 0.717) is 19.5 Å². The molecule has 0 radical (unpaired) electrons. The Morgan fingerprint density at radius 2 is 1.64 bits per heavy atom. The molecule has 1 saturated carbocycles. The maximum atomic E-state index is 13.9. The molecule has 3 aliphatic rings. The van der Waals surface area contributed by atoms with Gasteiger partial charge in [0.1, 0.15) is 5.54 Å². The van der Waals surface area contributed by atoms with E-state index >= 15 is 0 Å². The minimum atomic E-state index is -0.901. The molecular formula is C28H35N3O2. The van der Waals surface area contributed by atoms with E-state index in [1.807, 2.05) is 48.2 Å². The van der Waals surface area contributed by atoms with Crippen molar-refractivity contribution in [1.82, 2.24) is 15.1 Å². The lowest BCUT2D eigenvalue weighted by atomic mass is 9.84. The first-order valence-electron chi connectivity index (χ1n) is 12.5. The van der Waals surface area contributed by atoms with Crippen LogP contribution in [0.5, 0.6) is 0 Å². The predicted octanol–water partition coefficient (Wildman–Crippen LogP) is 4.05. The van der Waals surface area contributed by atoms with E-state index < -0.39 is 5.54 Å². The molecule has 5 nitrogen and oxygen atoms in total. The zero-order chi connectivity index (χ0) is 22.8. The van der Waals surface area contributed by atoms with Gasteiger partial charge in [0.2, 0.25) is 11.8 Å². The molecule has 33 heavy (non-hydrogen) atoms. The van der Waals surface area contributed by atoms with Crippen molar-refractivity contribution in [3.63, 3.8) is 0 Å². The van der Waals surface area contributed by atoms with E-state index in [1.165, 1.54) is 36.8 Å². The maximum Gasteiger partial charge on any atom is 0.247 e. The largest absolute Gasteiger partial charge is 0.351 e. The maximum absolute atomic E-state index is 13.9. The lowest BCUT2D eigenvalue weighted by Gasteiger charge is -2.52. The van der Waals surface area contributed by atoms with Crippen molar-refractivity contribution in [2.75, 3.05) is 6.54 Å². The topological polar surface area (TPSA) is 52.7 Å². The molecule has 5 heteroatoms. The standard InChI is InChI=1S/C28H35N3O2/c1-28(27(33)29-24-15-7-2-3-8-16-24)20-30-19-23-14-10-9-13-22(23)17-25(30)26(32)31(28)18-21-11-5-4-6-12-21/h4-6,9-14,24-25H,2-3,7-8,15-20H2,1H3,(H,29,33)/t25-,28-/m0/s1. The van der Waals surface area contributed by atoms with Gasteiger partial charge in [-0.05, 0) is 42.9 Å². The number of rotatable bonds is 4. The van der Waals surface area contributed by atoms with Gasteiger partial charge in [0, 0.05) is 25.7 Å². The van der Waals surface area contributed by atoms with Crippen LogP contribution in [-0.2, 0) is 29.1 Å². The molecule has 1 N–H and O–H groups in total. The number of carbonyl (C=O) groups excluding carboxylic acids is 2. The summed E-state index contributed by atoms with van der Waals surface area (Å²) in [6, 6.07) is 18.5. The van der Waals surface area contributed by atoms with E-state index in [9.17, 15) is 9.59 Å². The lowest BCUT2D eigenvalue weighted by molar-refractivity contribution is -0.163. The van der Waals surface area contributed by atoms with E-state index in [1.54, 1.807) is 0 Å². The Morgan fingerprint density at radius 3 is 2.36 bits per heavy atom. The first-order chi connectivity index (χ1) is 16.0. The van der Waals surface area contributed by atoms with E-state index in [2.05, 4.69) is 28.4 Å². The second-order valence-corrected chi connectivity index (χ2v) is 10.2. The highest BCUT2D eigenvalue weighted by atomic mass is 16.2. The Hall–Kier alpha value is -2.66. The first kappa shape index (κ1) is 22.1. The number of carbonyl (C=O) groups is 2. The quantitative estimate of drug-likeness (QED) is 0.723. The average Bonchev–Trinajstić information content (AvgIpc) is 3.10. The van der Waals surface area contributed by atoms with Crippen molar-refractivity contribution in [1.29, 1.82) is 0 Å². The van der Waals surface area contributed by atoms with E-state index in [0.717, 1.165) is 24.9 Å². The summed E-state index contributed by atoms with van der Waals surface area (Å²) in [5.74, 6) is 0.0640. The molecule has 2 atom stereocenters. The summed E-state index contributed by atoms with van der Waals surface area (Å²) < 4.78 is 0. The molecule has 1 aliphatic carbocycles. The predicted molar refractivity (Wildman–Crippen MR) is 129 cm³/mol. The summed E-state index contributed by atoms with van der Waals surface area (Å²) in [5, 5.41) is 3.36. The number of benzene rings is 2. The average molecular weight is 446 g/mol. The fraction of sp³-hybridized carbons (Fsp3) is 0.500. The zero-order valence-electron chi connectivity index (χ0n) is 19.6. The Labute approximate surface area is 197 Å². The van der Waals surface area contributed by atoms with Gasteiger partial charge in [-0.25, -0.2) is 0 Å². The number of piperazine rings is 1. The molecule has 0 unspecified atom stereocenters. The summed E-state index contributed by atoms with van der Waals surface area (Å²) >= 11 is 0. The highest BCUT2D eigenvalue weighted by Gasteiger charge is 2.52. The molecule has 174 valence electrons. The third kappa shape index (κ3) is 4.43. The molecule has 0 aromatic heterocycles. The van der Waals surface area contributed by atoms with Crippen LogP contribution in [0, 0.1) is 0 Å². The van der Waals surface area contributed by atoms with Gasteiger partial charge in [-0.1, -0.05) is 80.3 Å². The molecular weight excluding hydrogens is 410 g/mol. The lowest BCUT2D eigenvalue weighted by Crippen LogP contribution is -2.72. The molecule has 2 aliphatic heterocycles. The number of nitrogens with one attached hydrogen (secondary N) is 1. The van der Waals surface area contributed by atoms with Crippen LogP contribution in [0.4, 0.5) is 0 Å². The van der Waals surface area contributed by atoms with Gasteiger partial charge in [-0.15, -0.1) is 0 Å². The van der Waals surface area contributed by atoms with Crippen LogP contribution in [0.1, 0.15) is 62.1 Å². The molecule has 5 rings (SSSR count). The van der Waals surface area contributed by atoms with Crippen LogP contribution >= 0.6 is 0 Å².